The van der Waals surface area contributed by atoms with Crippen LogP contribution in [-0.4, -0.2) is 23.0 Å². The second kappa shape index (κ2) is 8.63. The first-order chi connectivity index (χ1) is 10.1. The molecular formula is C15H18INO3S. The van der Waals surface area contributed by atoms with Gasteiger partial charge in [-0.1, -0.05) is 31.0 Å². The summed E-state index contributed by atoms with van der Waals surface area (Å²) in [4.78, 5) is 22.4. The highest BCUT2D eigenvalue weighted by atomic mass is 127. The summed E-state index contributed by atoms with van der Waals surface area (Å²) in [6.45, 7) is 0.720. The number of carbonyl (C=O) groups is 2. The molecule has 0 saturated carbocycles. The molecule has 1 aliphatic heterocycles. The third-order valence-electron chi connectivity index (χ3n) is 3.21. The molecule has 0 radical (unpaired) electrons. The van der Waals surface area contributed by atoms with Crippen molar-refractivity contribution in [1.82, 2.24) is 5.32 Å². The van der Waals surface area contributed by atoms with E-state index in [1.165, 1.54) is 3.57 Å². The minimum absolute atomic E-state index is 0.132. The van der Waals surface area contributed by atoms with Crippen LogP contribution in [0, 0.1) is 3.57 Å². The van der Waals surface area contributed by atoms with Gasteiger partial charge in [0.05, 0.1) is 11.9 Å². The van der Waals surface area contributed by atoms with Gasteiger partial charge >= 0.3 is 0 Å². The fourth-order valence-electron chi connectivity index (χ4n) is 2.09. The Bertz CT molecular complexity index is 492. The van der Waals surface area contributed by atoms with Gasteiger partial charge in [-0.05, 0) is 59.7 Å². The zero-order valence-corrected chi connectivity index (χ0v) is 14.6. The lowest BCUT2D eigenvalue weighted by atomic mass is 10.1. The van der Waals surface area contributed by atoms with Gasteiger partial charge in [-0.3, -0.25) is 14.9 Å². The first-order valence-electron chi connectivity index (χ1n) is 7.05. The van der Waals surface area contributed by atoms with Gasteiger partial charge in [-0.25, -0.2) is 0 Å². The molecule has 1 atom stereocenters. The first-order valence-corrected chi connectivity index (χ1v) is 9.01. The number of hydrogen-bond donors (Lipinski definition) is 1. The van der Waals surface area contributed by atoms with Crippen molar-refractivity contribution in [1.29, 1.82) is 0 Å². The zero-order valence-electron chi connectivity index (χ0n) is 11.6. The van der Waals surface area contributed by atoms with Crippen LogP contribution in [0.4, 0.5) is 4.79 Å². The van der Waals surface area contributed by atoms with Gasteiger partial charge in [0.25, 0.3) is 5.24 Å². The smallest absolute Gasteiger partial charge is 0.286 e. The van der Waals surface area contributed by atoms with E-state index in [2.05, 4.69) is 27.9 Å². The van der Waals surface area contributed by atoms with Gasteiger partial charge in [0.2, 0.25) is 5.91 Å². The SMILES string of the molecule is O=C1NC(=O)C(CCCCCCOc2ccc(I)cc2)S1. The lowest BCUT2D eigenvalue weighted by Crippen LogP contribution is -2.24. The Morgan fingerprint density at radius 2 is 1.81 bits per heavy atom. The van der Waals surface area contributed by atoms with Crippen molar-refractivity contribution in [3.63, 3.8) is 0 Å². The molecule has 4 nitrogen and oxygen atoms in total. The average Bonchev–Trinajstić information content (AvgIpc) is 2.78. The Labute approximate surface area is 142 Å². The number of benzene rings is 1. The Hall–Kier alpha value is -0.760. The van der Waals surface area contributed by atoms with Crippen molar-refractivity contribution in [2.75, 3.05) is 6.61 Å². The Morgan fingerprint density at radius 3 is 2.48 bits per heavy atom. The molecule has 1 heterocycles. The Morgan fingerprint density at radius 1 is 1.10 bits per heavy atom. The highest BCUT2D eigenvalue weighted by Gasteiger charge is 2.30. The molecule has 1 aromatic carbocycles. The molecule has 0 aromatic heterocycles. The van der Waals surface area contributed by atoms with E-state index in [1.807, 2.05) is 24.3 Å². The molecule has 1 N–H and O–H groups in total. The van der Waals surface area contributed by atoms with Gasteiger partial charge in [-0.2, -0.15) is 0 Å². The lowest BCUT2D eigenvalue weighted by Gasteiger charge is -2.07. The van der Waals surface area contributed by atoms with Crippen LogP contribution in [0.2, 0.25) is 0 Å². The number of carbonyl (C=O) groups excluding carboxylic acids is 2. The molecule has 1 saturated heterocycles. The van der Waals surface area contributed by atoms with E-state index in [0.29, 0.717) is 0 Å². The molecule has 2 amide bonds. The number of rotatable bonds is 8. The van der Waals surface area contributed by atoms with Crippen LogP contribution < -0.4 is 10.1 Å². The number of hydrogen-bond acceptors (Lipinski definition) is 4. The van der Waals surface area contributed by atoms with E-state index in [1.54, 1.807) is 0 Å². The maximum Gasteiger partial charge on any atom is 0.286 e. The summed E-state index contributed by atoms with van der Waals surface area (Å²) in [5, 5.41) is 1.92. The summed E-state index contributed by atoms with van der Waals surface area (Å²) in [6.07, 6.45) is 4.91. The van der Waals surface area contributed by atoms with Crippen LogP contribution in [0.25, 0.3) is 0 Å². The lowest BCUT2D eigenvalue weighted by molar-refractivity contribution is -0.119. The maximum atomic E-state index is 11.4. The van der Waals surface area contributed by atoms with Gasteiger partial charge in [0, 0.05) is 3.57 Å². The molecule has 1 unspecified atom stereocenters. The summed E-state index contributed by atoms with van der Waals surface area (Å²) in [5.41, 5.74) is 0. The number of halogens is 1. The fraction of sp³-hybridized carbons (Fsp3) is 0.467. The maximum absolute atomic E-state index is 11.4. The van der Waals surface area contributed by atoms with Gasteiger partial charge in [0.15, 0.2) is 0 Å². The van der Waals surface area contributed by atoms with Gasteiger partial charge < -0.3 is 4.74 Å². The molecule has 0 aliphatic carbocycles. The van der Waals surface area contributed by atoms with Crippen LogP contribution in [0.5, 0.6) is 5.75 Å². The van der Waals surface area contributed by atoms with Crippen LogP contribution in [-0.2, 0) is 4.79 Å². The minimum atomic E-state index is -0.212. The quantitative estimate of drug-likeness (QED) is 0.512. The number of amides is 2. The average molecular weight is 419 g/mol. The van der Waals surface area contributed by atoms with Crippen molar-refractivity contribution in [2.24, 2.45) is 0 Å². The minimum Gasteiger partial charge on any atom is -0.494 e. The monoisotopic (exact) mass is 419 g/mol. The third-order valence-corrected chi connectivity index (χ3v) is 4.98. The molecule has 1 aliphatic rings. The number of thioether (sulfide) groups is 1. The van der Waals surface area contributed by atoms with E-state index in [0.717, 1.165) is 56.2 Å². The number of ether oxygens (including phenoxy) is 1. The van der Waals surface area contributed by atoms with E-state index in [4.69, 9.17) is 4.74 Å². The van der Waals surface area contributed by atoms with Gasteiger partial charge in [-0.15, -0.1) is 0 Å². The molecular weight excluding hydrogens is 401 g/mol. The molecule has 0 spiro atoms. The zero-order chi connectivity index (χ0) is 15.1. The van der Waals surface area contributed by atoms with Crippen molar-refractivity contribution < 1.29 is 14.3 Å². The van der Waals surface area contributed by atoms with Crippen LogP contribution in [0.1, 0.15) is 32.1 Å². The van der Waals surface area contributed by atoms with Crippen LogP contribution >= 0.6 is 34.4 Å². The fourth-order valence-corrected chi connectivity index (χ4v) is 3.32. The number of imide groups is 1. The molecule has 6 heteroatoms. The first kappa shape index (κ1) is 16.6. The molecule has 0 bridgehead atoms. The summed E-state index contributed by atoms with van der Waals surface area (Å²) in [7, 11) is 0. The second-order valence-corrected chi connectivity index (χ2v) is 7.31. The molecule has 1 aromatic rings. The summed E-state index contributed by atoms with van der Waals surface area (Å²) >= 11 is 3.38. The predicted molar refractivity (Wildman–Crippen MR) is 92.7 cm³/mol. The third kappa shape index (κ3) is 5.86. The summed E-state index contributed by atoms with van der Waals surface area (Å²) < 4.78 is 6.86. The van der Waals surface area contributed by atoms with Crippen LogP contribution in [0.15, 0.2) is 24.3 Å². The van der Waals surface area contributed by atoms with Gasteiger partial charge in [0.1, 0.15) is 5.75 Å². The molecule has 1 fully saturated rings. The van der Waals surface area contributed by atoms with Crippen molar-refractivity contribution >= 4 is 45.5 Å². The summed E-state index contributed by atoms with van der Waals surface area (Å²) in [6, 6.07) is 8.02. The largest absolute Gasteiger partial charge is 0.494 e. The molecule has 21 heavy (non-hydrogen) atoms. The standard InChI is InChI=1S/C15H18INO3S/c16-11-6-8-12(9-7-11)20-10-4-2-1-3-5-13-14(18)17-15(19)21-13/h6-9,13H,1-5,10H2,(H,17,18,19). The molecule has 114 valence electrons. The van der Waals surface area contributed by atoms with E-state index in [-0.39, 0.29) is 16.4 Å². The van der Waals surface area contributed by atoms with Crippen molar-refractivity contribution in [3.8, 4) is 5.75 Å². The summed E-state index contributed by atoms with van der Waals surface area (Å²) in [5.74, 6) is 0.778. The van der Waals surface area contributed by atoms with E-state index >= 15 is 0 Å². The van der Waals surface area contributed by atoms with Crippen molar-refractivity contribution in [3.05, 3.63) is 27.8 Å². The Kier molecular flexibility index (Phi) is 6.82. The van der Waals surface area contributed by atoms with Crippen LogP contribution in [0.3, 0.4) is 0 Å². The number of unbranched alkanes of at least 4 members (excludes halogenated alkanes) is 3. The molecule has 2 rings (SSSR count). The topological polar surface area (TPSA) is 55.4 Å². The van der Waals surface area contributed by atoms with E-state index in [9.17, 15) is 9.59 Å². The van der Waals surface area contributed by atoms with Crippen molar-refractivity contribution in [2.45, 2.75) is 37.4 Å². The second-order valence-electron chi connectivity index (χ2n) is 4.89. The highest BCUT2D eigenvalue weighted by molar-refractivity contribution is 14.1. The predicted octanol–water partition coefficient (Wildman–Crippen LogP) is 3.97. The van der Waals surface area contributed by atoms with E-state index < -0.39 is 0 Å². The normalized spacial score (nSPS) is 17.9. The Balaban J connectivity index is 1.49. The number of nitrogens with one attached hydrogen (secondary N) is 1. The highest BCUT2D eigenvalue weighted by Crippen LogP contribution is 2.24.